The first-order valence-electron chi connectivity index (χ1n) is 9.30. The first-order chi connectivity index (χ1) is 13.5. The quantitative estimate of drug-likeness (QED) is 0.759. The Labute approximate surface area is 164 Å². The van der Waals surface area contributed by atoms with Crippen LogP contribution in [0.25, 0.3) is 0 Å². The van der Waals surface area contributed by atoms with Gasteiger partial charge in [-0.3, -0.25) is 19.5 Å². The molecule has 2 aromatic rings. The molecule has 28 heavy (non-hydrogen) atoms. The molecule has 2 heterocycles. The fourth-order valence-electron chi connectivity index (χ4n) is 3.51. The Bertz CT molecular complexity index is 795. The molecule has 1 aromatic carbocycles. The van der Waals surface area contributed by atoms with Crippen molar-refractivity contribution in [2.24, 2.45) is 11.8 Å². The molecule has 0 saturated carbocycles. The van der Waals surface area contributed by atoms with Crippen LogP contribution in [-0.2, 0) is 22.7 Å². The number of nitrogens with zero attached hydrogens (tertiary/aromatic N) is 2. The number of carbonyl (C=O) groups is 2. The van der Waals surface area contributed by atoms with Gasteiger partial charge in [-0.25, -0.2) is 0 Å². The average molecular weight is 383 g/mol. The van der Waals surface area contributed by atoms with Gasteiger partial charge in [0.05, 0.1) is 18.9 Å². The molecule has 1 saturated heterocycles. The average Bonchev–Trinajstić information content (AvgIpc) is 2.73. The van der Waals surface area contributed by atoms with Crippen LogP contribution in [0.1, 0.15) is 17.5 Å². The Morgan fingerprint density at radius 1 is 1.18 bits per heavy atom. The van der Waals surface area contributed by atoms with Gasteiger partial charge in [0.15, 0.2) is 0 Å². The molecular weight excluding hydrogens is 358 g/mol. The maximum Gasteiger partial charge on any atom is 0.307 e. The lowest BCUT2D eigenvalue weighted by molar-refractivity contribution is -0.145. The van der Waals surface area contributed by atoms with Gasteiger partial charge in [0.25, 0.3) is 0 Å². The summed E-state index contributed by atoms with van der Waals surface area (Å²) in [5, 5.41) is 12.4. The summed E-state index contributed by atoms with van der Waals surface area (Å²) >= 11 is 0. The summed E-state index contributed by atoms with van der Waals surface area (Å²) in [7, 11) is 1.62. The number of carbonyl (C=O) groups excluding carboxylic acids is 1. The molecule has 1 fully saturated rings. The number of hydrogen-bond donors (Lipinski definition) is 2. The van der Waals surface area contributed by atoms with Crippen molar-refractivity contribution in [3.63, 3.8) is 0 Å². The van der Waals surface area contributed by atoms with Crippen molar-refractivity contribution in [3.05, 3.63) is 59.9 Å². The monoisotopic (exact) mass is 383 g/mol. The molecule has 1 amide bonds. The van der Waals surface area contributed by atoms with Gasteiger partial charge in [0, 0.05) is 38.6 Å². The van der Waals surface area contributed by atoms with E-state index in [1.807, 2.05) is 41.3 Å². The van der Waals surface area contributed by atoms with Crippen LogP contribution in [0.4, 0.5) is 0 Å². The predicted octanol–water partition coefficient (Wildman–Crippen LogP) is 1.93. The predicted molar refractivity (Wildman–Crippen MR) is 104 cm³/mol. The molecule has 1 aliphatic rings. The zero-order valence-corrected chi connectivity index (χ0v) is 15.9. The minimum absolute atomic E-state index is 0.116. The van der Waals surface area contributed by atoms with Crippen LogP contribution in [0.15, 0.2) is 48.8 Å². The van der Waals surface area contributed by atoms with E-state index in [4.69, 9.17) is 4.74 Å². The molecule has 1 aromatic heterocycles. The summed E-state index contributed by atoms with van der Waals surface area (Å²) < 4.78 is 5.17. The maximum absolute atomic E-state index is 12.7. The lowest BCUT2D eigenvalue weighted by atomic mass is 9.88. The van der Waals surface area contributed by atoms with Crippen molar-refractivity contribution < 1.29 is 19.4 Å². The van der Waals surface area contributed by atoms with Crippen molar-refractivity contribution in [1.29, 1.82) is 0 Å². The van der Waals surface area contributed by atoms with Gasteiger partial charge in [-0.2, -0.15) is 0 Å². The van der Waals surface area contributed by atoms with Crippen molar-refractivity contribution in [2.45, 2.75) is 19.5 Å². The highest BCUT2D eigenvalue weighted by atomic mass is 16.5. The van der Waals surface area contributed by atoms with Crippen LogP contribution in [-0.4, -0.2) is 47.1 Å². The molecule has 0 aliphatic carbocycles. The third kappa shape index (κ3) is 5.29. The van der Waals surface area contributed by atoms with Gasteiger partial charge in [0.2, 0.25) is 5.91 Å². The van der Waals surface area contributed by atoms with Gasteiger partial charge < -0.3 is 15.2 Å². The molecule has 0 radical (unpaired) electrons. The van der Waals surface area contributed by atoms with E-state index in [2.05, 4.69) is 10.3 Å². The Morgan fingerprint density at radius 2 is 1.93 bits per heavy atom. The lowest BCUT2D eigenvalue weighted by Crippen LogP contribution is -2.47. The first kappa shape index (κ1) is 19.8. The lowest BCUT2D eigenvalue weighted by Gasteiger charge is -2.35. The summed E-state index contributed by atoms with van der Waals surface area (Å²) in [6, 6.07) is 11.4. The fraction of sp³-hybridized carbons (Fsp3) is 0.381. The van der Waals surface area contributed by atoms with E-state index < -0.39 is 11.9 Å². The van der Waals surface area contributed by atoms with Crippen LogP contribution >= 0.6 is 0 Å². The normalized spacial score (nSPS) is 19.8. The van der Waals surface area contributed by atoms with E-state index in [-0.39, 0.29) is 11.8 Å². The Kier molecular flexibility index (Phi) is 6.60. The van der Waals surface area contributed by atoms with Crippen LogP contribution in [0.3, 0.4) is 0 Å². The number of rotatable bonds is 7. The molecule has 0 bridgehead atoms. The molecule has 0 unspecified atom stereocenters. The second kappa shape index (κ2) is 9.32. The minimum Gasteiger partial charge on any atom is -0.497 e. The topological polar surface area (TPSA) is 91.8 Å². The molecule has 2 atom stereocenters. The van der Waals surface area contributed by atoms with Crippen molar-refractivity contribution in [3.8, 4) is 5.75 Å². The Balaban J connectivity index is 1.63. The standard InChI is InChI=1S/C21H25N3O4/c1-28-19-6-4-15(5-7-19)12-24-13-17(9-18(14-24)21(26)27)20(25)23-11-16-3-2-8-22-10-16/h2-8,10,17-18H,9,11-14H2,1H3,(H,23,25)(H,26,27)/t17-,18+/m0/s1. The summed E-state index contributed by atoms with van der Waals surface area (Å²) in [5.41, 5.74) is 1.97. The number of pyridine rings is 1. The van der Waals surface area contributed by atoms with Crippen LogP contribution in [0.5, 0.6) is 5.75 Å². The number of aromatic nitrogens is 1. The van der Waals surface area contributed by atoms with E-state index >= 15 is 0 Å². The van der Waals surface area contributed by atoms with Crippen LogP contribution in [0.2, 0.25) is 0 Å². The van der Waals surface area contributed by atoms with E-state index in [1.165, 1.54) is 0 Å². The molecule has 2 N–H and O–H groups in total. The number of amides is 1. The number of likely N-dealkylation sites (tertiary alicyclic amines) is 1. The number of carboxylic acid groups (broad SMARTS) is 1. The van der Waals surface area contributed by atoms with Crippen molar-refractivity contribution in [1.82, 2.24) is 15.2 Å². The number of ether oxygens (including phenoxy) is 1. The highest BCUT2D eigenvalue weighted by molar-refractivity contribution is 5.80. The number of piperidine rings is 1. The highest BCUT2D eigenvalue weighted by Crippen LogP contribution is 2.24. The van der Waals surface area contributed by atoms with Gasteiger partial charge in [0.1, 0.15) is 5.75 Å². The number of benzene rings is 1. The van der Waals surface area contributed by atoms with Crippen LogP contribution < -0.4 is 10.1 Å². The number of aliphatic carboxylic acids is 1. The van der Waals surface area contributed by atoms with E-state index in [1.54, 1.807) is 19.5 Å². The molecule has 7 nitrogen and oxygen atoms in total. The SMILES string of the molecule is COc1ccc(CN2C[C@H](C(=O)O)C[C@H](C(=O)NCc3cccnc3)C2)cc1. The largest absolute Gasteiger partial charge is 0.497 e. The number of carboxylic acids is 1. The minimum atomic E-state index is -0.857. The van der Waals surface area contributed by atoms with Gasteiger partial charge in [-0.15, -0.1) is 0 Å². The van der Waals surface area contributed by atoms with E-state index in [9.17, 15) is 14.7 Å². The number of hydrogen-bond acceptors (Lipinski definition) is 5. The fourth-order valence-corrected chi connectivity index (χ4v) is 3.51. The number of nitrogens with one attached hydrogen (secondary N) is 1. The zero-order chi connectivity index (χ0) is 19.9. The van der Waals surface area contributed by atoms with E-state index in [0.29, 0.717) is 32.6 Å². The Morgan fingerprint density at radius 3 is 2.57 bits per heavy atom. The van der Waals surface area contributed by atoms with E-state index in [0.717, 1.165) is 16.9 Å². The second-order valence-corrected chi connectivity index (χ2v) is 7.09. The second-order valence-electron chi connectivity index (χ2n) is 7.09. The van der Waals surface area contributed by atoms with Gasteiger partial charge in [-0.1, -0.05) is 18.2 Å². The molecule has 3 rings (SSSR count). The number of methoxy groups -OCH3 is 1. The summed E-state index contributed by atoms with van der Waals surface area (Å²) in [6.07, 6.45) is 3.74. The smallest absolute Gasteiger partial charge is 0.307 e. The summed E-state index contributed by atoms with van der Waals surface area (Å²) in [4.78, 5) is 30.3. The zero-order valence-electron chi connectivity index (χ0n) is 15.9. The molecule has 0 spiro atoms. The van der Waals surface area contributed by atoms with Gasteiger partial charge in [-0.05, 0) is 35.7 Å². The Hall–Kier alpha value is -2.93. The van der Waals surface area contributed by atoms with Crippen molar-refractivity contribution >= 4 is 11.9 Å². The first-order valence-corrected chi connectivity index (χ1v) is 9.30. The summed E-state index contributed by atoms with van der Waals surface area (Å²) in [6.45, 7) is 1.96. The van der Waals surface area contributed by atoms with Crippen molar-refractivity contribution in [2.75, 3.05) is 20.2 Å². The van der Waals surface area contributed by atoms with Crippen LogP contribution in [0, 0.1) is 11.8 Å². The molecule has 148 valence electrons. The highest BCUT2D eigenvalue weighted by Gasteiger charge is 2.35. The summed E-state index contributed by atoms with van der Waals surface area (Å²) in [5.74, 6) is -1.11. The third-order valence-corrected chi connectivity index (χ3v) is 5.00. The molecular formula is C21H25N3O4. The third-order valence-electron chi connectivity index (χ3n) is 5.00. The van der Waals surface area contributed by atoms with Gasteiger partial charge >= 0.3 is 5.97 Å². The molecule has 7 heteroatoms. The molecule has 1 aliphatic heterocycles. The maximum atomic E-state index is 12.7.